The summed E-state index contributed by atoms with van der Waals surface area (Å²) in [6, 6.07) is -0.00195. The van der Waals surface area contributed by atoms with Crippen LogP contribution in [0.5, 0.6) is 0 Å². The highest BCUT2D eigenvalue weighted by Gasteiger charge is 2.30. The number of rotatable bonds is 2. The Hall–Kier alpha value is -1.26. The summed E-state index contributed by atoms with van der Waals surface area (Å²) in [6.07, 6.45) is 4.47. The molecular weight excluding hydrogens is 266 g/mol. The molecule has 1 aliphatic heterocycles. The van der Waals surface area contributed by atoms with Crippen molar-refractivity contribution in [2.24, 2.45) is 11.3 Å². The highest BCUT2D eigenvalue weighted by Crippen LogP contribution is 2.26. The molecule has 5 heteroatoms. The molecule has 0 aromatic rings. The van der Waals surface area contributed by atoms with E-state index >= 15 is 0 Å². The number of nitrogens with one attached hydrogen (secondary N) is 1. The van der Waals surface area contributed by atoms with Gasteiger partial charge in [0.15, 0.2) is 0 Å². The van der Waals surface area contributed by atoms with Crippen molar-refractivity contribution in [3.8, 4) is 0 Å². The molecule has 1 aliphatic carbocycles. The van der Waals surface area contributed by atoms with Crippen molar-refractivity contribution < 1.29 is 9.59 Å². The first-order chi connectivity index (χ1) is 9.87. The minimum absolute atomic E-state index is 0.00195. The van der Waals surface area contributed by atoms with Gasteiger partial charge in [-0.3, -0.25) is 4.79 Å². The van der Waals surface area contributed by atoms with Crippen LogP contribution < -0.4 is 5.32 Å². The third-order valence-electron chi connectivity index (χ3n) is 4.35. The lowest BCUT2D eigenvalue weighted by Crippen LogP contribution is -2.54. The minimum atomic E-state index is -0.00195. The Labute approximate surface area is 128 Å². The van der Waals surface area contributed by atoms with Gasteiger partial charge < -0.3 is 15.1 Å². The van der Waals surface area contributed by atoms with Gasteiger partial charge in [-0.25, -0.2) is 4.79 Å². The molecular formula is C16H29N3O2. The SMILES string of the molecule is CC(C)(C)CNC(=O)N1CCN(C(=O)C2CCCC2)CC1. The van der Waals surface area contributed by atoms with E-state index in [-0.39, 0.29) is 17.4 Å². The number of hydrogen-bond acceptors (Lipinski definition) is 2. The molecule has 1 saturated carbocycles. The summed E-state index contributed by atoms with van der Waals surface area (Å²) in [5.74, 6) is 0.550. The van der Waals surface area contributed by atoms with Crippen LogP contribution in [0.2, 0.25) is 0 Å². The lowest BCUT2D eigenvalue weighted by atomic mass is 9.97. The summed E-state index contributed by atoms with van der Waals surface area (Å²) in [4.78, 5) is 28.2. The van der Waals surface area contributed by atoms with Crippen LogP contribution in [0.4, 0.5) is 4.79 Å². The van der Waals surface area contributed by atoms with E-state index in [1.807, 2.05) is 9.80 Å². The van der Waals surface area contributed by atoms with Gasteiger partial charge in [0.05, 0.1) is 0 Å². The molecule has 3 amide bonds. The Bertz CT molecular complexity index is 375. The Balaban J connectivity index is 1.74. The number of amides is 3. The average Bonchev–Trinajstić information content (AvgIpc) is 2.97. The van der Waals surface area contributed by atoms with Gasteiger partial charge in [0.2, 0.25) is 5.91 Å². The number of piperazine rings is 1. The summed E-state index contributed by atoms with van der Waals surface area (Å²) < 4.78 is 0. The molecule has 1 N–H and O–H groups in total. The number of hydrogen-bond donors (Lipinski definition) is 1. The van der Waals surface area contributed by atoms with Crippen LogP contribution in [-0.4, -0.2) is 54.5 Å². The molecule has 0 radical (unpaired) electrons. The Morgan fingerprint density at radius 2 is 1.52 bits per heavy atom. The average molecular weight is 295 g/mol. The normalized spacial score (nSPS) is 20.7. The van der Waals surface area contributed by atoms with Gasteiger partial charge >= 0.3 is 6.03 Å². The van der Waals surface area contributed by atoms with Gasteiger partial charge in [0.25, 0.3) is 0 Å². The molecule has 2 aliphatic rings. The molecule has 2 fully saturated rings. The number of urea groups is 1. The fourth-order valence-corrected chi connectivity index (χ4v) is 3.01. The van der Waals surface area contributed by atoms with Crippen LogP contribution in [0.25, 0.3) is 0 Å². The summed E-state index contributed by atoms with van der Waals surface area (Å²) in [5, 5.41) is 2.98. The predicted molar refractivity (Wildman–Crippen MR) is 83.0 cm³/mol. The molecule has 1 heterocycles. The van der Waals surface area contributed by atoms with Gasteiger partial charge in [-0.05, 0) is 18.3 Å². The second-order valence-electron chi connectivity index (χ2n) is 7.51. The first kappa shape index (κ1) is 16.1. The van der Waals surface area contributed by atoms with Gasteiger partial charge in [-0.15, -0.1) is 0 Å². The Kier molecular flexibility index (Phi) is 5.12. The summed E-state index contributed by atoms with van der Waals surface area (Å²) in [5.41, 5.74) is 0.0932. The van der Waals surface area contributed by atoms with E-state index in [1.54, 1.807) is 0 Å². The van der Waals surface area contributed by atoms with Crippen LogP contribution in [0.1, 0.15) is 46.5 Å². The van der Waals surface area contributed by atoms with Gasteiger partial charge in [-0.2, -0.15) is 0 Å². The maximum atomic E-state index is 12.3. The lowest BCUT2D eigenvalue weighted by molar-refractivity contribution is -0.136. The third kappa shape index (κ3) is 4.61. The number of carbonyl (C=O) groups excluding carboxylic acids is 2. The fourth-order valence-electron chi connectivity index (χ4n) is 3.01. The molecule has 0 unspecified atom stereocenters. The van der Waals surface area contributed by atoms with E-state index < -0.39 is 0 Å². The van der Waals surface area contributed by atoms with Crippen LogP contribution in [0.3, 0.4) is 0 Å². The molecule has 21 heavy (non-hydrogen) atoms. The van der Waals surface area contributed by atoms with Crippen molar-refractivity contribution >= 4 is 11.9 Å². The number of carbonyl (C=O) groups is 2. The number of nitrogens with zero attached hydrogens (tertiary/aromatic N) is 2. The fraction of sp³-hybridized carbons (Fsp3) is 0.875. The van der Waals surface area contributed by atoms with Crippen molar-refractivity contribution in [1.29, 1.82) is 0 Å². The molecule has 2 rings (SSSR count). The molecule has 0 aromatic heterocycles. The Morgan fingerprint density at radius 1 is 1.00 bits per heavy atom. The zero-order valence-electron chi connectivity index (χ0n) is 13.7. The molecule has 0 aromatic carbocycles. The van der Waals surface area contributed by atoms with E-state index in [0.29, 0.717) is 38.6 Å². The highest BCUT2D eigenvalue weighted by atomic mass is 16.2. The van der Waals surface area contributed by atoms with Crippen molar-refractivity contribution in [3.63, 3.8) is 0 Å². The van der Waals surface area contributed by atoms with Crippen molar-refractivity contribution in [3.05, 3.63) is 0 Å². The maximum Gasteiger partial charge on any atom is 0.317 e. The van der Waals surface area contributed by atoms with E-state index in [9.17, 15) is 9.59 Å². The standard InChI is InChI=1S/C16H29N3O2/c1-16(2,3)12-17-15(21)19-10-8-18(9-11-19)14(20)13-6-4-5-7-13/h13H,4-12H2,1-3H3,(H,17,21). The summed E-state index contributed by atoms with van der Waals surface area (Å²) in [7, 11) is 0. The van der Waals surface area contributed by atoms with Crippen LogP contribution >= 0.6 is 0 Å². The van der Waals surface area contributed by atoms with Crippen LogP contribution in [0, 0.1) is 11.3 Å². The molecule has 5 nitrogen and oxygen atoms in total. The quantitative estimate of drug-likeness (QED) is 0.848. The van der Waals surface area contributed by atoms with Crippen LogP contribution in [0.15, 0.2) is 0 Å². The highest BCUT2D eigenvalue weighted by molar-refractivity contribution is 5.80. The van der Waals surface area contributed by atoms with E-state index in [1.165, 1.54) is 12.8 Å². The molecule has 1 saturated heterocycles. The second-order valence-corrected chi connectivity index (χ2v) is 7.51. The third-order valence-corrected chi connectivity index (χ3v) is 4.35. The zero-order chi connectivity index (χ0) is 15.5. The molecule has 0 spiro atoms. The summed E-state index contributed by atoms with van der Waals surface area (Å²) in [6.45, 7) is 9.63. The molecule has 0 bridgehead atoms. The second kappa shape index (κ2) is 6.67. The van der Waals surface area contributed by atoms with E-state index in [0.717, 1.165) is 12.8 Å². The monoisotopic (exact) mass is 295 g/mol. The predicted octanol–water partition coefficient (Wildman–Crippen LogP) is 2.08. The minimum Gasteiger partial charge on any atom is -0.339 e. The molecule has 120 valence electrons. The summed E-state index contributed by atoms with van der Waals surface area (Å²) >= 11 is 0. The smallest absolute Gasteiger partial charge is 0.317 e. The van der Waals surface area contributed by atoms with Gasteiger partial charge in [-0.1, -0.05) is 33.6 Å². The van der Waals surface area contributed by atoms with Crippen molar-refractivity contribution in [1.82, 2.24) is 15.1 Å². The Morgan fingerprint density at radius 3 is 2.05 bits per heavy atom. The lowest BCUT2D eigenvalue weighted by Gasteiger charge is -2.36. The van der Waals surface area contributed by atoms with Gasteiger partial charge in [0.1, 0.15) is 0 Å². The first-order valence-electron chi connectivity index (χ1n) is 8.18. The first-order valence-corrected chi connectivity index (χ1v) is 8.18. The topological polar surface area (TPSA) is 52.7 Å². The zero-order valence-corrected chi connectivity index (χ0v) is 13.7. The van der Waals surface area contributed by atoms with Crippen LogP contribution in [-0.2, 0) is 4.79 Å². The van der Waals surface area contributed by atoms with E-state index in [4.69, 9.17) is 0 Å². The molecule has 0 atom stereocenters. The van der Waals surface area contributed by atoms with E-state index in [2.05, 4.69) is 26.1 Å². The maximum absolute atomic E-state index is 12.3. The van der Waals surface area contributed by atoms with Gasteiger partial charge in [0, 0.05) is 38.6 Å². The largest absolute Gasteiger partial charge is 0.339 e. The van der Waals surface area contributed by atoms with Crippen molar-refractivity contribution in [2.75, 3.05) is 32.7 Å². The van der Waals surface area contributed by atoms with Crippen molar-refractivity contribution in [2.45, 2.75) is 46.5 Å².